The molecule has 1 aromatic carbocycles. The van der Waals surface area contributed by atoms with Crippen LogP contribution in [0.3, 0.4) is 0 Å². The number of nitrogens with zero attached hydrogens (tertiary/aromatic N) is 1. The minimum absolute atomic E-state index is 0. The van der Waals surface area contributed by atoms with Gasteiger partial charge in [-0.25, -0.2) is 0 Å². The number of alkyl halides is 3. The predicted octanol–water partition coefficient (Wildman–Crippen LogP) is 3.89. The molecule has 0 radical (unpaired) electrons. The Morgan fingerprint density at radius 3 is 2.44 bits per heavy atom. The summed E-state index contributed by atoms with van der Waals surface area (Å²) < 4.78 is 39.3. The molecule has 1 saturated heterocycles. The quantitative estimate of drug-likeness (QED) is 0.851. The van der Waals surface area contributed by atoms with E-state index in [2.05, 4.69) is 0 Å². The normalized spacial score (nSPS) is 23.2. The summed E-state index contributed by atoms with van der Waals surface area (Å²) in [5.41, 5.74) is 4.90. The van der Waals surface area contributed by atoms with Crippen molar-refractivity contribution in [1.29, 1.82) is 0 Å². The second kappa shape index (κ2) is 7.54. The molecule has 3 rings (SSSR count). The van der Waals surface area contributed by atoms with Crippen LogP contribution in [0.15, 0.2) is 24.3 Å². The van der Waals surface area contributed by atoms with Crippen LogP contribution in [0.5, 0.6) is 0 Å². The van der Waals surface area contributed by atoms with Gasteiger partial charge in [-0.05, 0) is 30.9 Å². The number of hydrogen-bond donors (Lipinski definition) is 1. The average molecular weight is 377 g/mol. The summed E-state index contributed by atoms with van der Waals surface area (Å²) in [5, 5.41) is 0. The van der Waals surface area contributed by atoms with Gasteiger partial charge in [-0.2, -0.15) is 13.2 Å². The number of rotatable bonds is 2. The fourth-order valence-electron chi connectivity index (χ4n) is 4.05. The highest BCUT2D eigenvalue weighted by atomic mass is 35.5. The largest absolute Gasteiger partial charge is 0.416 e. The zero-order valence-electron chi connectivity index (χ0n) is 14.0. The number of amides is 1. The lowest BCUT2D eigenvalue weighted by molar-refractivity contribution is -0.139. The van der Waals surface area contributed by atoms with Crippen LogP contribution in [-0.2, 0) is 16.4 Å². The van der Waals surface area contributed by atoms with Crippen molar-refractivity contribution in [2.75, 3.05) is 13.1 Å². The molecule has 0 aromatic heterocycles. The Morgan fingerprint density at radius 1 is 1.20 bits per heavy atom. The van der Waals surface area contributed by atoms with E-state index in [1.807, 2.05) is 0 Å². The van der Waals surface area contributed by atoms with Crippen molar-refractivity contribution in [2.45, 2.75) is 56.2 Å². The molecule has 0 unspecified atom stereocenters. The summed E-state index contributed by atoms with van der Waals surface area (Å²) in [7, 11) is 0. The molecule has 2 N–H and O–H groups in total. The van der Waals surface area contributed by atoms with Crippen LogP contribution in [0.2, 0.25) is 0 Å². The van der Waals surface area contributed by atoms with Crippen LogP contribution < -0.4 is 5.73 Å². The maximum absolute atomic E-state index is 13.2. The highest BCUT2D eigenvalue weighted by molar-refractivity contribution is 5.88. The maximum Gasteiger partial charge on any atom is 0.416 e. The van der Waals surface area contributed by atoms with Gasteiger partial charge in [-0.1, -0.05) is 37.5 Å². The maximum atomic E-state index is 13.2. The van der Waals surface area contributed by atoms with E-state index in [0.29, 0.717) is 31.5 Å². The molecule has 1 amide bonds. The highest BCUT2D eigenvalue weighted by Crippen LogP contribution is 2.43. The zero-order chi connectivity index (χ0) is 17.4. The second-order valence-electron chi connectivity index (χ2n) is 7.02. The first kappa shape index (κ1) is 20.0. The zero-order valence-corrected chi connectivity index (χ0v) is 14.8. The number of halogens is 4. The van der Waals surface area contributed by atoms with Crippen molar-refractivity contribution >= 4 is 18.3 Å². The number of carbonyl (C=O) groups excluding carboxylic acids is 1. The standard InChI is InChI=1S/C18H23F3N2O.ClH/c19-18(20,21)14-6-4-5-13(11-14)17(8-2-1-3-9-17)16(24)23-10-7-15(22)12-23;/h4-6,11,15H,1-3,7-10,12,22H2;1H/t15-;/m1./s1. The summed E-state index contributed by atoms with van der Waals surface area (Å²) in [4.78, 5) is 15.0. The van der Waals surface area contributed by atoms with Crippen molar-refractivity contribution < 1.29 is 18.0 Å². The van der Waals surface area contributed by atoms with Crippen molar-refractivity contribution in [3.8, 4) is 0 Å². The van der Waals surface area contributed by atoms with Gasteiger partial charge in [0, 0.05) is 19.1 Å². The SMILES string of the molecule is Cl.N[C@@H]1CCN(C(=O)C2(c3cccc(C(F)(F)F)c3)CCCCC2)C1. The average Bonchev–Trinajstić information content (AvgIpc) is 3.00. The summed E-state index contributed by atoms with van der Waals surface area (Å²) in [6.45, 7) is 1.10. The van der Waals surface area contributed by atoms with Gasteiger partial charge in [-0.3, -0.25) is 4.79 Å². The van der Waals surface area contributed by atoms with Crippen molar-refractivity contribution in [3.05, 3.63) is 35.4 Å². The third-order valence-electron chi connectivity index (χ3n) is 5.37. The first-order valence-corrected chi connectivity index (χ1v) is 8.56. The minimum Gasteiger partial charge on any atom is -0.340 e. The molecule has 7 heteroatoms. The first-order chi connectivity index (χ1) is 11.3. The third-order valence-corrected chi connectivity index (χ3v) is 5.37. The van der Waals surface area contributed by atoms with Crippen LogP contribution in [0, 0.1) is 0 Å². The van der Waals surface area contributed by atoms with E-state index >= 15 is 0 Å². The van der Waals surface area contributed by atoms with E-state index in [0.717, 1.165) is 31.7 Å². The van der Waals surface area contributed by atoms with Gasteiger partial charge >= 0.3 is 6.18 Å². The topological polar surface area (TPSA) is 46.3 Å². The van der Waals surface area contributed by atoms with Crippen LogP contribution in [0.1, 0.15) is 49.7 Å². The molecular weight excluding hydrogens is 353 g/mol. The lowest BCUT2D eigenvalue weighted by atomic mass is 9.68. The van der Waals surface area contributed by atoms with Gasteiger partial charge in [0.25, 0.3) is 0 Å². The molecule has 3 nitrogen and oxygen atoms in total. The first-order valence-electron chi connectivity index (χ1n) is 8.56. The molecule has 0 bridgehead atoms. The molecule has 1 atom stereocenters. The summed E-state index contributed by atoms with van der Waals surface area (Å²) in [6.07, 6.45) is 0.324. The van der Waals surface area contributed by atoms with Crippen molar-refractivity contribution in [1.82, 2.24) is 4.90 Å². The number of benzene rings is 1. The van der Waals surface area contributed by atoms with Gasteiger partial charge in [-0.15, -0.1) is 12.4 Å². The molecule has 0 spiro atoms. The van der Waals surface area contributed by atoms with Crippen molar-refractivity contribution in [3.63, 3.8) is 0 Å². The lowest BCUT2D eigenvalue weighted by Gasteiger charge is -2.39. The Balaban J connectivity index is 0.00000225. The van der Waals surface area contributed by atoms with Crippen LogP contribution in [0.4, 0.5) is 13.2 Å². The van der Waals surface area contributed by atoms with E-state index in [1.165, 1.54) is 12.1 Å². The molecule has 2 fully saturated rings. The molecule has 1 aliphatic heterocycles. The fraction of sp³-hybridized carbons (Fsp3) is 0.611. The number of likely N-dealkylation sites (tertiary alicyclic amines) is 1. The van der Waals surface area contributed by atoms with E-state index in [9.17, 15) is 18.0 Å². The van der Waals surface area contributed by atoms with Gasteiger partial charge in [0.1, 0.15) is 0 Å². The molecule has 140 valence electrons. The number of carbonyl (C=O) groups is 1. The predicted molar refractivity (Wildman–Crippen MR) is 92.6 cm³/mol. The van der Waals surface area contributed by atoms with Crippen LogP contribution in [-0.4, -0.2) is 29.9 Å². The molecule has 1 aromatic rings. The smallest absolute Gasteiger partial charge is 0.340 e. The Kier molecular flexibility index (Phi) is 6.05. The Hall–Kier alpha value is -1.27. The molecule has 2 aliphatic rings. The summed E-state index contributed by atoms with van der Waals surface area (Å²) in [6, 6.07) is 5.29. The monoisotopic (exact) mass is 376 g/mol. The minimum atomic E-state index is -4.40. The van der Waals surface area contributed by atoms with Gasteiger partial charge < -0.3 is 10.6 Å². The fourth-order valence-corrected chi connectivity index (χ4v) is 4.05. The highest BCUT2D eigenvalue weighted by Gasteiger charge is 2.45. The van der Waals surface area contributed by atoms with Crippen molar-refractivity contribution in [2.24, 2.45) is 5.73 Å². The Bertz CT molecular complexity index is 615. The Labute approximate surface area is 152 Å². The number of nitrogens with two attached hydrogens (primary N) is 1. The van der Waals surface area contributed by atoms with E-state index in [-0.39, 0.29) is 24.4 Å². The lowest BCUT2D eigenvalue weighted by Crippen LogP contribution is -2.48. The van der Waals surface area contributed by atoms with E-state index < -0.39 is 17.2 Å². The van der Waals surface area contributed by atoms with Crippen LogP contribution >= 0.6 is 12.4 Å². The molecule has 1 saturated carbocycles. The van der Waals surface area contributed by atoms with E-state index in [1.54, 1.807) is 11.0 Å². The number of hydrogen-bond acceptors (Lipinski definition) is 2. The molecule has 1 aliphatic carbocycles. The summed E-state index contributed by atoms with van der Waals surface area (Å²) in [5.74, 6) is -0.0468. The molecular formula is C18H24ClF3N2O. The molecule has 1 heterocycles. The van der Waals surface area contributed by atoms with E-state index in [4.69, 9.17) is 5.73 Å². The van der Waals surface area contributed by atoms with Gasteiger partial charge in [0.2, 0.25) is 5.91 Å². The van der Waals surface area contributed by atoms with Gasteiger partial charge in [0.05, 0.1) is 11.0 Å². The third kappa shape index (κ3) is 3.95. The second-order valence-corrected chi connectivity index (χ2v) is 7.02. The van der Waals surface area contributed by atoms with Gasteiger partial charge in [0.15, 0.2) is 0 Å². The summed E-state index contributed by atoms with van der Waals surface area (Å²) >= 11 is 0. The van der Waals surface area contributed by atoms with Crippen LogP contribution in [0.25, 0.3) is 0 Å². The molecule has 25 heavy (non-hydrogen) atoms. The Morgan fingerprint density at radius 2 is 1.88 bits per heavy atom.